The van der Waals surface area contributed by atoms with Gasteiger partial charge in [-0.15, -0.1) is 0 Å². The highest BCUT2D eigenvalue weighted by molar-refractivity contribution is 6.03. The zero-order chi connectivity index (χ0) is 28.5. The lowest BCUT2D eigenvalue weighted by Crippen LogP contribution is -2.53. The number of nitrogens with zero attached hydrogens (tertiary/aromatic N) is 2. The Morgan fingerprint density at radius 1 is 1.05 bits per heavy atom. The molecule has 40 heavy (non-hydrogen) atoms. The molecule has 3 aliphatic rings. The van der Waals surface area contributed by atoms with Crippen LogP contribution in [0.15, 0.2) is 48.5 Å². The van der Waals surface area contributed by atoms with Gasteiger partial charge in [0.15, 0.2) is 0 Å². The molecule has 0 aromatic heterocycles. The number of benzene rings is 2. The highest BCUT2D eigenvalue weighted by Crippen LogP contribution is 2.53. The normalized spacial score (nSPS) is 23.6. The standard InChI is InChI=1S/C30H34F4N2O4/c31-22-15-26(28(38)39)36(17-22)27(37)25-16-23(7-8-24(25)21-5-2-1-3-6-21)40-18-20-9-13-35(14-10-20)19-29(11-4-12-29)30(32,33)34/h1-3,5-8,16,20,22,26H,4,9-15,17-19H2,(H,38,39)/t22-,26-/m0/s1. The maximum Gasteiger partial charge on any atom is 0.395 e. The van der Waals surface area contributed by atoms with E-state index in [1.165, 1.54) is 0 Å². The Hall–Kier alpha value is -3.14. The summed E-state index contributed by atoms with van der Waals surface area (Å²) in [5.41, 5.74) is 0.0246. The maximum absolute atomic E-state index is 14.1. The molecule has 5 rings (SSSR count). The number of likely N-dealkylation sites (tertiary alicyclic amines) is 2. The number of carboxylic acids is 1. The number of amides is 1. The number of carbonyl (C=O) groups excluding carboxylic acids is 1. The molecule has 1 N–H and O–H groups in total. The van der Waals surface area contributed by atoms with Crippen molar-refractivity contribution in [2.45, 2.75) is 56.9 Å². The Morgan fingerprint density at radius 2 is 1.75 bits per heavy atom. The van der Waals surface area contributed by atoms with Gasteiger partial charge in [-0.3, -0.25) is 4.79 Å². The van der Waals surface area contributed by atoms with Crippen molar-refractivity contribution in [2.75, 3.05) is 32.8 Å². The van der Waals surface area contributed by atoms with Gasteiger partial charge in [0.2, 0.25) is 0 Å². The van der Waals surface area contributed by atoms with Gasteiger partial charge in [0.25, 0.3) is 5.91 Å². The molecule has 1 amide bonds. The van der Waals surface area contributed by atoms with Crippen molar-refractivity contribution in [3.8, 4) is 16.9 Å². The predicted molar refractivity (Wildman–Crippen MR) is 141 cm³/mol. The van der Waals surface area contributed by atoms with Crippen LogP contribution in [0.4, 0.5) is 17.6 Å². The third kappa shape index (κ3) is 5.82. The van der Waals surface area contributed by atoms with Gasteiger partial charge in [-0.2, -0.15) is 13.2 Å². The van der Waals surface area contributed by atoms with Gasteiger partial charge in [0, 0.05) is 13.0 Å². The van der Waals surface area contributed by atoms with E-state index in [1.807, 2.05) is 35.2 Å². The minimum atomic E-state index is -4.17. The van der Waals surface area contributed by atoms with Gasteiger partial charge >= 0.3 is 12.1 Å². The van der Waals surface area contributed by atoms with E-state index in [-0.39, 0.29) is 43.8 Å². The molecule has 0 unspecified atom stereocenters. The fraction of sp³-hybridized carbons (Fsp3) is 0.533. The van der Waals surface area contributed by atoms with Gasteiger partial charge in [-0.25, -0.2) is 9.18 Å². The predicted octanol–water partition coefficient (Wildman–Crippen LogP) is 5.81. The molecule has 2 aromatic carbocycles. The van der Waals surface area contributed by atoms with E-state index in [9.17, 15) is 32.3 Å². The lowest BCUT2D eigenvalue weighted by molar-refractivity contribution is -0.256. The van der Waals surface area contributed by atoms with Gasteiger partial charge in [0.1, 0.15) is 18.0 Å². The summed E-state index contributed by atoms with van der Waals surface area (Å²) in [6.45, 7) is 1.29. The third-order valence-electron chi connectivity index (χ3n) is 8.73. The Balaban J connectivity index is 1.26. The minimum Gasteiger partial charge on any atom is -0.493 e. The van der Waals surface area contributed by atoms with Crippen LogP contribution >= 0.6 is 0 Å². The molecule has 2 atom stereocenters. The van der Waals surface area contributed by atoms with Crippen LogP contribution in [0.1, 0.15) is 48.9 Å². The summed E-state index contributed by atoms with van der Waals surface area (Å²) in [7, 11) is 0. The summed E-state index contributed by atoms with van der Waals surface area (Å²) in [5, 5.41) is 9.56. The minimum absolute atomic E-state index is 0.0596. The topological polar surface area (TPSA) is 70.1 Å². The number of halogens is 4. The first-order valence-corrected chi connectivity index (χ1v) is 13.9. The molecule has 0 spiro atoms. The lowest BCUT2D eigenvalue weighted by Gasteiger charge is -2.47. The molecule has 3 fully saturated rings. The van der Waals surface area contributed by atoms with E-state index in [0.29, 0.717) is 50.3 Å². The Morgan fingerprint density at radius 3 is 2.35 bits per heavy atom. The van der Waals surface area contributed by atoms with Crippen LogP contribution in [-0.4, -0.2) is 78.0 Å². The number of carboxylic acid groups (broad SMARTS) is 1. The highest BCUT2D eigenvalue weighted by atomic mass is 19.4. The Labute approximate surface area is 230 Å². The number of piperidine rings is 1. The summed E-state index contributed by atoms with van der Waals surface area (Å²) in [4.78, 5) is 28.3. The summed E-state index contributed by atoms with van der Waals surface area (Å²) >= 11 is 0. The number of hydrogen-bond donors (Lipinski definition) is 1. The van der Waals surface area contributed by atoms with Crippen LogP contribution in [0.5, 0.6) is 5.75 Å². The third-order valence-corrected chi connectivity index (χ3v) is 8.73. The van der Waals surface area contributed by atoms with Crippen molar-refractivity contribution < 1.29 is 37.0 Å². The van der Waals surface area contributed by atoms with E-state index in [1.54, 1.807) is 18.2 Å². The van der Waals surface area contributed by atoms with E-state index < -0.39 is 35.7 Å². The average molecular weight is 563 g/mol. The lowest BCUT2D eigenvalue weighted by atomic mass is 9.67. The summed E-state index contributed by atoms with van der Waals surface area (Å²) in [6, 6.07) is 13.0. The van der Waals surface area contributed by atoms with Crippen LogP contribution in [0.25, 0.3) is 11.1 Å². The van der Waals surface area contributed by atoms with Crippen molar-refractivity contribution in [1.82, 2.24) is 9.80 Å². The maximum atomic E-state index is 14.1. The highest BCUT2D eigenvalue weighted by Gasteiger charge is 2.58. The average Bonchev–Trinajstić information content (AvgIpc) is 3.31. The van der Waals surface area contributed by atoms with Gasteiger partial charge in [-0.05, 0) is 74.0 Å². The SMILES string of the molecule is O=C(O)[C@@H]1C[C@H](F)CN1C(=O)c1cc(OCC2CCN(CC3(C(F)(F)F)CCC3)CC2)ccc1-c1ccccc1. The van der Waals surface area contributed by atoms with Crippen LogP contribution < -0.4 is 4.74 Å². The number of ether oxygens (including phenoxy) is 1. The molecule has 0 radical (unpaired) electrons. The van der Waals surface area contributed by atoms with Crippen molar-refractivity contribution in [3.05, 3.63) is 54.1 Å². The Kier molecular flexibility index (Phi) is 8.08. The molecule has 2 saturated heterocycles. The fourth-order valence-electron chi connectivity index (χ4n) is 6.15. The number of aliphatic carboxylic acids is 1. The molecule has 6 nitrogen and oxygen atoms in total. The number of carbonyl (C=O) groups is 2. The molecule has 1 saturated carbocycles. The van der Waals surface area contributed by atoms with Crippen molar-refractivity contribution in [3.63, 3.8) is 0 Å². The smallest absolute Gasteiger partial charge is 0.395 e. The van der Waals surface area contributed by atoms with E-state index in [2.05, 4.69) is 0 Å². The molecule has 0 bridgehead atoms. The summed E-state index contributed by atoms with van der Waals surface area (Å²) < 4.78 is 60.9. The number of rotatable bonds is 8. The molecular weight excluding hydrogens is 528 g/mol. The second kappa shape index (κ2) is 11.4. The van der Waals surface area contributed by atoms with Crippen LogP contribution in [0.3, 0.4) is 0 Å². The van der Waals surface area contributed by atoms with Gasteiger partial charge in [0.05, 0.1) is 24.1 Å². The Bertz CT molecular complexity index is 1210. The van der Waals surface area contributed by atoms with Crippen molar-refractivity contribution in [2.24, 2.45) is 11.3 Å². The van der Waals surface area contributed by atoms with Gasteiger partial charge < -0.3 is 19.6 Å². The van der Waals surface area contributed by atoms with E-state index in [0.717, 1.165) is 10.5 Å². The van der Waals surface area contributed by atoms with Gasteiger partial charge in [-0.1, -0.05) is 36.8 Å². The fourth-order valence-corrected chi connectivity index (χ4v) is 6.15. The largest absolute Gasteiger partial charge is 0.493 e. The first-order chi connectivity index (χ1) is 19.1. The monoisotopic (exact) mass is 562 g/mol. The van der Waals surface area contributed by atoms with E-state index >= 15 is 0 Å². The molecule has 2 aliphatic heterocycles. The molecule has 2 heterocycles. The number of hydrogen-bond acceptors (Lipinski definition) is 4. The first-order valence-electron chi connectivity index (χ1n) is 13.9. The molecular formula is C30H34F4N2O4. The molecule has 10 heteroatoms. The molecule has 1 aliphatic carbocycles. The van der Waals surface area contributed by atoms with Crippen molar-refractivity contribution in [1.29, 1.82) is 0 Å². The van der Waals surface area contributed by atoms with Crippen molar-refractivity contribution >= 4 is 11.9 Å². The van der Waals surface area contributed by atoms with E-state index in [4.69, 9.17) is 4.74 Å². The second-order valence-corrected chi connectivity index (χ2v) is 11.4. The van der Waals surface area contributed by atoms with Crippen LogP contribution in [0, 0.1) is 11.3 Å². The zero-order valence-corrected chi connectivity index (χ0v) is 22.2. The first kappa shape index (κ1) is 28.4. The van der Waals surface area contributed by atoms with Crippen LogP contribution in [0.2, 0.25) is 0 Å². The summed E-state index contributed by atoms with van der Waals surface area (Å²) in [5.74, 6) is -1.22. The summed E-state index contributed by atoms with van der Waals surface area (Å²) in [6.07, 6.45) is -3.36. The zero-order valence-electron chi connectivity index (χ0n) is 22.2. The molecule has 2 aromatic rings. The number of alkyl halides is 4. The van der Waals surface area contributed by atoms with Crippen LogP contribution in [-0.2, 0) is 4.79 Å². The quantitative estimate of drug-likeness (QED) is 0.411. The second-order valence-electron chi connectivity index (χ2n) is 11.4. The molecule has 216 valence electrons.